The maximum atomic E-state index is 12.4. The van der Waals surface area contributed by atoms with E-state index >= 15 is 0 Å². The average molecular weight is 323 g/mol. The fourth-order valence-electron chi connectivity index (χ4n) is 2.46. The highest BCUT2D eigenvalue weighted by atomic mass is 16.6. The summed E-state index contributed by atoms with van der Waals surface area (Å²) in [6.07, 6.45) is 0. The van der Waals surface area contributed by atoms with E-state index in [9.17, 15) is 20.0 Å². The lowest BCUT2D eigenvalue weighted by Crippen LogP contribution is -2.09. The van der Waals surface area contributed by atoms with Crippen LogP contribution in [-0.2, 0) is 0 Å². The molecule has 0 fully saturated rings. The van der Waals surface area contributed by atoms with E-state index in [0.717, 1.165) is 0 Å². The van der Waals surface area contributed by atoms with Crippen LogP contribution in [0.15, 0.2) is 59.2 Å². The number of hydrogen-bond donors (Lipinski definition) is 2. The Morgan fingerprint density at radius 3 is 2.33 bits per heavy atom. The molecular formula is C17H13N3O4. The first kappa shape index (κ1) is 15.4. The number of hydrogen-bond acceptors (Lipinski definition) is 6. The number of fused-ring (bicyclic) bond motifs is 1. The molecule has 0 amide bonds. The summed E-state index contributed by atoms with van der Waals surface area (Å²) >= 11 is 0. The zero-order chi connectivity index (χ0) is 17.3. The van der Waals surface area contributed by atoms with E-state index in [1.54, 1.807) is 31.2 Å². The standard InChI is InChI=1S/C17H13N3O4/c1-10(18-19-11-6-8-12(9-7-11)20(23)24)15-16(21)13-4-2-3-5-14(13)17(15)22/h2-9,19,21H,1H3/b18-10+. The minimum absolute atomic E-state index is 0.0250. The number of non-ortho nitro benzene ring substituents is 1. The van der Waals surface area contributed by atoms with Crippen LogP contribution >= 0.6 is 0 Å². The third-order valence-corrected chi connectivity index (χ3v) is 3.68. The number of nitrogens with zero attached hydrogens (tertiary/aromatic N) is 2. The number of nitro groups is 1. The molecule has 0 heterocycles. The number of hydrazone groups is 1. The quantitative estimate of drug-likeness (QED) is 0.508. The van der Waals surface area contributed by atoms with Gasteiger partial charge in [-0.3, -0.25) is 20.3 Å². The molecule has 1 aliphatic rings. The molecule has 0 saturated carbocycles. The van der Waals surface area contributed by atoms with Gasteiger partial charge in [-0.25, -0.2) is 0 Å². The zero-order valence-electron chi connectivity index (χ0n) is 12.7. The normalized spacial score (nSPS) is 13.9. The van der Waals surface area contributed by atoms with E-state index in [2.05, 4.69) is 10.5 Å². The lowest BCUT2D eigenvalue weighted by Gasteiger charge is -2.04. The second-order valence-corrected chi connectivity index (χ2v) is 5.21. The molecule has 0 aliphatic heterocycles. The Morgan fingerprint density at radius 1 is 1.12 bits per heavy atom. The van der Waals surface area contributed by atoms with Crippen molar-refractivity contribution in [3.05, 3.63) is 75.3 Å². The molecule has 0 spiro atoms. The molecule has 0 unspecified atom stereocenters. The highest BCUT2D eigenvalue weighted by molar-refractivity contribution is 6.35. The molecular weight excluding hydrogens is 310 g/mol. The Bertz CT molecular complexity index is 898. The van der Waals surface area contributed by atoms with Gasteiger partial charge in [0.2, 0.25) is 0 Å². The summed E-state index contributed by atoms with van der Waals surface area (Å²) < 4.78 is 0. The van der Waals surface area contributed by atoms with Crippen molar-refractivity contribution in [2.24, 2.45) is 5.10 Å². The third-order valence-electron chi connectivity index (χ3n) is 3.68. The van der Waals surface area contributed by atoms with Gasteiger partial charge in [-0.2, -0.15) is 5.10 Å². The second kappa shape index (κ2) is 5.96. The Balaban J connectivity index is 1.83. The smallest absolute Gasteiger partial charge is 0.269 e. The van der Waals surface area contributed by atoms with Crippen LogP contribution in [0.5, 0.6) is 0 Å². The first-order valence-corrected chi connectivity index (χ1v) is 7.11. The zero-order valence-corrected chi connectivity index (χ0v) is 12.7. The summed E-state index contributed by atoms with van der Waals surface area (Å²) in [5.74, 6) is -0.378. The van der Waals surface area contributed by atoms with Crippen molar-refractivity contribution in [2.45, 2.75) is 6.92 Å². The first-order valence-electron chi connectivity index (χ1n) is 7.11. The van der Waals surface area contributed by atoms with Crippen LogP contribution in [0.25, 0.3) is 5.76 Å². The number of carbonyl (C=O) groups is 1. The van der Waals surface area contributed by atoms with E-state index in [1.165, 1.54) is 24.3 Å². The number of aliphatic hydroxyl groups is 1. The summed E-state index contributed by atoms with van der Waals surface area (Å²) in [4.78, 5) is 22.5. The van der Waals surface area contributed by atoms with E-state index in [4.69, 9.17) is 0 Å². The molecule has 3 rings (SSSR count). The number of nitrogens with one attached hydrogen (secondary N) is 1. The number of carbonyl (C=O) groups excluding carboxylic acids is 1. The lowest BCUT2D eigenvalue weighted by molar-refractivity contribution is -0.384. The number of ketones is 1. The van der Waals surface area contributed by atoms with Crippen molar-refractivity contribution in [2.75, 3.05) is 5.43 Å². The summed E-state index contributed by atoms with van der Waals surface area (Å²) in [6, 6.07) is 12.5. The topological polar surface area (TPSA) is 105 Å². The number of nitro benzene ring substituents is 1. The SMILES string of the molecule is C/C(=N\Nc1ccc([N+](=O)[O-])cc1)C1=C(O)c2ccccc2C1=O. The monoisotopic (exact) mass is 323 g/mol. The van der Waals surface area contributed by atoms with Crippen LogP contribution in [0.1, 0.15) is 22.8 Å². The molecule has 24 heavy (non-hydrogen) atoms. The van der Waals surface area contributed by atoms with Crippen LogP contribution in [0.3, 0.4) is 0 Å². The van der Waals surface area contributed by atoms with Gasteiger partial charge in [-0.15, -0.1) is 0 Å². The fourth-order valence-corrected chi connectivity index (χ4v) is 2.46. The molecule has 2 N–H and O–H groups in total. The minimum atomic E-state index is -0.491. The summed E-state index contributed by atoms with van der Waals surface area (Å²) in [6.45, 7) is 1.60. The van der Waals surface area contributed by atoms with Gasteiger partial charge >= 0.3 is 0 Å². The van der Waals surface area contributed by atoms with Crippen LogP contribution < -0.4 is 5.43 Å². The number of anilines is 1. The largest absolute Gasteiger partial charge is 0.506 e. The van der Waals surface area contributed by atoms with Crippen molar-refractivity contribution >= 4 is 28.6 Å². The van der Waals surface area contributed by atoms with Gasteiger partial charge in [0.25, 0.3) is 5.69 Å². The molecule has 7 heteroatoms. The second-order valence-electron chi connectivity index (χ2n) is 5.21. The highest BCUT2D eigenvalue weighted by Crippen LogP contribution is 2.31. The summed E-state index contributed by atoms with van der Waals surface area (Å²) in [5.41, 5.74) is 4.63. The predicted molar refractivity (Wildman–Crippen MR) is 90.1 cm³/mol. The van der Waals surface area contributed by atoms with Crippen LogP contribution in [0.4, 0.5) is 11.4 Å². The molecule has 0 aromatic heterocycles. The summed E-state index contributed by atoms with van der Waals surface area (Å²) in [5, 5.41) is 25.0. The maximum Gasteiger partial charge on any atom is 0.269 e. The number of Topliss-reactive ketones (excluding diaryl/α,β-unsaturated/α-hetero) is 1. The van der Waals surface area contributed by atoms with Gasteiger partial charge < -0.3 is 5.11 Å². The summed E-state index contributed by atoms with van der Waals surface area (Å²) in [7, 11) is 0. The van der Waals surface area contributed by atoms with Gasteiger partial charge in [0.15, 0.2) is 5.78 Å². The van der Waals surface area contributed by atoms with Crippen molar-refractivity contribution in [1.29, 1.82) is 0 Å². The van der Waals surface area contributed by atoms with Crippen LogP contribution in [0.2, 0.25) is 0 Å². The third kappa shape index (κ3) is 2.63. The molecule has 0 bridgehead atoms. The number of aliphatic hydroxyl groups excluding tert-OH is 1. The van der Waals surface area contributed by atoms with Crippen molar-refractivity contribution in [3.8, 4) is 0 Å². The Labute approximate surface area is 137 Å². The van der Waals surface area contributed by atoms with Gasteiger partial charge in [-0.1, -0.05) is 24.3 Å². The highest BCUT2D eigenvalue weighted by Gasteiger charge is 2.30. The van der Waals surface area contributed by atoms with Gasteiger partial charge in [0, 0.05) is 23.3 Å². The predicted octanol–water partition coefficient (Wildman–Crippen LogP) is 3.55. The number of benzene rings is 2. The van der Waals surface area contributed by atoms with E-state index in [0.29, 0.717) is 22.5 Å². The molecule has 2 aromatic rings. The van der Waals surface area contributed by atoms with Gasteiger partial charge in [0.1, 0.15) is 5.76 Å². The van der Waals surface area contributed by atoms with E-state index in [-0.39, 0.29) is 22.8 Å². The maximum absolute atomic E-state index is 12.4. The van der Waals surface area contributed by atoms with Crippen molar-refractivity contribution in [1.82, 2.24) is 0 Å². The van der Waals surface area contributed by atoms with Crippen LogP contribution in [-0.4, -0.2) is 21.5 Å². The molecule has 2 aromatic carbocycles. The number of rotatable bonds is 4. The fraction of sp³-hybridized carbons (Fsp3) is 0.0588. The molecule has 1 aliphatic carbocycles. The first-order chi connectivity index (χ1) is 11.5. The molecule has 0 saturated heterocycles. The van der Waals surface area contributed by atoms with Crippen LogP contribution in [0, 0.1) is 10.1 Å². The molecule has 0 radical (unpaired) electrons. The van der Waals surface area contributed by atoms with Crippen molar-refractivity contribution in [3.63, 3.8) is 0 Å². The lowest BCUT2D eigenvalue weighted by atomic mass is 10.1. The Morgan fingerprint density at radius 2 is 1.75 bits per heavy atom. The van der Waals surface area contributed by atoms with Gasteiger partial charge in [0.05, 0.1) is 21.9 Å². The Hall–Kier alpha value is -3.48. The van der Waals surface area contributed by atoms with E-state index in [1.807, 2.05) is 0 Å². The number of allylic oxidation sites excluding steroid dienone is 1. The molecule has 120 valence electrons. The van der Waals surface area contributed by atoms with Crippen molar-refractivity contribution < 1.29 is 14.8 Å². The molecule has 0 atom stereocenters. The Kier molecular flexibility index (Phi) is 3.83. The van der Waals surface area contributed by atoms with E-state index < -0.39 is 4.92 Å². The average Bonchev–Trinajstić information content (AvgIpc) is 2.85. The minimum Gasteiger partial charge on any atom is -0.506 e. The molecule has 7 nitrogen and oxygen atoms in total. The van der Waals surface area contributed by atoms with Gasteiger partial charge in [-0.05, 0) is 19.1 Å².